The number of nitrogens with one attached hydrogen (secondary N) is 1. The first kappa shape index (κ1) is 14.4. The van der Waals surface area contributed by atoms with Crippen LogP contribution >= 0.6 is 11.3 Å². The molecule has 0 atom stereocenters. The molecule has 8 heteroatoms. The third-order valence-electron chi connectivity index (χ3n) is 4.28. The Morgan fingerprint density at radius 3 is 2.61 bits per heavy atom. The van der Waals surface area contributed by atoms with Gasteiger partial charge in [-0.25, -0.2) is 9.97 Å². The van der Waals surface area contributed by atoms with Crippen LogP contribution in [0.25, 0.3) is 11.0 Å². The molecule has 0 amide bonds. The molecule has 1 N–H and O–H groups in total. The first-order valence-electron chi connectivity index (χ1n) is 7.87. The molecule has 1 aliphatic rings. The van der Waals surface area contributed by atoms with Crippen LogP contribution in [0.4, 0.5) is 10.9 Å². The molecule has 120 valence electrons. The first-order valence-corrected chi connectivity index (χ1v) is 8.69. The summed E-state index contributed by atoms with van der Waals surface area (Å²) in [5.41, 5.74) is 2.20. The van der Waals surface area contributed by atoms with Gasteiger partial charge in [0.05, 0.1) is 5.39 Å². The van der Waals surface area contributed by atoms with Crippen molar-refractivity contribution in [2.75, 3.05) is 36.0 Å². The summed E-state index contributed by atoms with van der Waals surface area (Å²) in [5, 5.41) is 11.6. The van der Waals surface area contributed by atoms with Gasteiger partial charge in [-0.2, -0.15) is 0 Å². The van der Waals surface area contributed by atoms with Crippen LogP contribution in [0.5, 0.6) is 0 Å². The monoisotopic (exact) mass is 329 g/mol. The number of hydrogen-bond donors (Lipinski definition) is 1. The molecule has 0 unspecified atom stereocenters. The Hall–Kier alpha value is -2.22. The number of hydrogen-bond acceptors (Lipinski definition) is 7. The van der Waals surface area contributed by atoms with Crippen LogP contribution in [0.15, 0.2) is 12.5 Å². The second-order valence-electron chi connectivity index (χ2n) is 5.67. The van der Waals surface area contributed by atoms with Crippen LogP contribution in [0, 0.1) is 6.92 Å². The molecule has 1 aliphatic heterocycles. The number of nitrogens with zero attached hydrogens (tertiary/aromatic N) is 6. The van der Waals surface area contributed by atoms with E-state index in [4.69, 9.17) is 0 Å². The minimum absolute atomic E-state index is 0.925. The van der Waals surface area contributed by atoms with Crippen molar-refractivity contribution in [3.63, 3.8) is 0 Å². The van der Waals surface area contributed by atoms with E-state index in [2.05, 4.69) is 41.9 Å². The molecule has 4 rings (SSSR count). The molecule has 0 aliphatic carbocycles. The number of aromatic amines is 1. The van der Waals surface area contributed by atoms with Gasteiger partial charge in [0.2, 0.25) is 5.13 Å². The second-order valence-corrected chi connectivity index (χ2v) is 6.83. The molecule has 1 saturated heterocycles. The molecule has 0 saturated carbocycles. The maximum atomic E-state index is 4.56. The van der Waals surface area contributed by atoms with Gasteiger partial charge in [0.1, 0.15) is 22.8 Å². The zero-order valence-corrected chi connectivity index (χ0v) is 14.1. The topological polar surface area (TPSA) is 73.8 Å². The summed E-state index contributed by atoms with van der Waals surface area (Å²) in [4.78, 5) is 16.8. The number of aromatic nitrogens is 5. The highest BCUT2D eigenvalue weighted by Crippen LogP contribution is 2.28. The maximum Gasteiger partial charge on any atom is 0.208 e. The van der Waals surface area contributed by atoms with Crippen LogP contribution in [-0.4, -0.2) is 51.3 Å². The highest BCUT2D eigenvalue weighted by molar-refractivity contribution is 7.15. The molecular weight excluding hydrogens is 310 g/mol. The number of fused-ring (bicyclic) bond motifs is 1. The van der Waals surface area contributed by atoms with Gasteiger partial charge in [-0.15, -0.1) is 10.2 Å². The quantitative estimate of drug-likeness (QED) is 0.792. The van der Waals surface area contributed by atoms with Crippen LogP contribution in [0.1, 0.15) is 17.5 Å². The predicted octanol–water partition coefficient (Wildman–Crippen LogP) is 2.01. The zero-order valence-electron chi connectivity index (χ0n) is 13.3. The normalized spacial score (nSPS) is 15.6. The lowest BCUT2D eigenvalue weighted by atomic mass is 10.1. The summed E-state index contributed by atoms with van der Waals surface area (Å²) in [6, 6.07) is 0. The first-order chi connectivity index (χ1) is 11.3. The number of H-pyrrole nitrogens is 1. The molecule has 3 aromatic heterocycles. The fourth-order valence-electron chi connectivity index (χ4n) is 3.05. The van der Waals surface area contributed by atoms with Gasteiger partial charge >= 0.3 is 0 Å². The van der Waals surface area contributed by atoms with Crippen LogP contribution in [-0.2, 0) is 6.42 Å². The lowest BCUT2D eigenvalue weighted by Gasteiger charge is -2.35. The fourth-order valence-corrected chi connectivity index (χ4v) is 3.79. The van der Waals surface area contributed by atoms with Gasteiger partial charge in [-0.3, -0.25) is 0 Å². The van der Waals surface area contributed by atoms with E-state index in [9.17, 15) is 0 Å². The zero-order chi connectivity index (χ0) is 15.8. The average Bonchev–Trinajstić information content (AvgIpc) is 3.21. The van der Waals surface area contributed by atoms with Crippen molar-refractivity contribution in [1.82, 2.24) is 25.1 Å². The molecule has 23 heavy (non-hydrogen) atoms. The SMILES string of the molecule is CCc1c[nH]c2ncnc(N3CCN(c4nnc(C)s4)CC3)c12. The van der Waals surface area contributed by atoms with Gasteiger partial charge < -0.3 is 14.8 Å². The Labute approximate surface area is 138 Å². The fraction of sp³-hybridized carbons (Fsp3) is 0.467. The lowest BCUT2D eigenvalue weighted by Crippen LogP contribution is -2.47. The summed E-state index contributed by atoms with van der Waals surface area (Å²) in [7, 11) is 0. The lowest BCUT2D eigenvalue weighted by molar-refractivity contribution is 0.645. The molecule has 0 aromatic carbocycles. The molecule has 7 nitrogen and oxygen atoms in total. The number of anilines is 2. The third kappa shape index (κ3) is 2.52. The van der Waals surface area contributed by atoms with Crippen molar-refractivity contribution in [3.8, 4) is 0 Å². The van der Waals surface area contributed by atoms with Crippen molar-refractivity contribution < 1.29 is 0 Å². The Morgan fingerprint density at radius 1 is 1.13 bits per heavy atom. The van der Waals surface area contributed by atoms with E-state index < -0.39 is 0 Å². The Morgan fingerprint density at radius 2 is 1.91 bits per heavy atom. The van der Waals surface area contributed by atoms with Gasteiger partial charge in [-0.1, -0.05) is 18.3 Å². The van der Waals surface area contributed by atoms with E-state index in [-0.39, 0.29) is 0 Å². The van der Waals surface area contributed by atoms with Crippen LogP contribution in [0.2, 0.25) is 0 Å². The average molecular weight is 329 g/mol. The van der Waals surface area contributed by atoms with Gasteiger partial charge in [0.15, 0.2) is 0 Å². The standard InChI is InChI=1S/C15H19N7S/c1-3-11-8-16-13-12(11)14(18-9-17-13)21-4-6-22(7-5-21)15-20-19-10(2)23-15/h8-9H,3-7H2,1-2H3,(H,16,17,18). The van der Waals surface area contributed by atoms with Crippen LogP contribution < -0.4 is 9.80 Å². The van der Waals surface area contributed by atoms with E-state index in [0.29, 0.717) is 0 Å². The predicted molar refractivity (Wildman–Crippen MR) is 92.3 cm³/mol. The summed E-state index contributed by atoms with van der Waals surface area (Å²) in [5.74, 6) is 1.04. The summed E-state index contributed by atoms with van der Waals surface area (Å²) in [6.45, 7) is 7.89. The highest BCUT2D eigenvalue weighted by atomic mass is 32.1. The van der Waals surface area contributed by atoms with Gasteiger partial charge in [-0.05, 0) is 18.9 Å². The smallest absolute Gasteiger partial charge is 0.208 e. The molecule has 0 spiro atoms. The second kappa shape index (κ2) is 5.77. The van der Waals surface area contributed by atoms with Crippen molar-refractivity contribution in [3.05, 3.63) is 23.1 Å². The summed E-state index contributed by atoms with van der Waals surface area (Å²) < 4.78 is 0. The molecule has 0 bridgehead atoms. The molecule has 1 fully saturated rings. The van der Waals surface area contributed by atoms with Crippen molar-refractivity contribution >= 4 is 33.3 Å². The van der Waals surface area contributed by atoms with Crippen LogP contribution in [0.3, 0.4) is 0 Å². The molecule has 4 heterocycles. The molecule has 0 radical (unpaired) electrons. The third-order valence-corrected chi connectivity index (χ3v) is 5.18. The summed E-state index contributed by atoms with van der Waals surface area (Å²) in [6.07, 6.45) is 4.67. The minimum Gasteiger partial charge on any atom is -0.352 e. The number of aryl methyl sites for hydroxylation is 2. The van der Waals surface area contributed by atoms with E-state index in [0.717, 1.165) is 59.6 Å². The highest BCUT2D eigenvalue weighted by Gasteiger charge is 2.23. The van der Waals surface area contributed by atoms with Crippen molar-refractivity contribution in [2.24, 2.45) is 0 Å². The largest absolute Gasteiger partial charge is 0.352 e. The van der Waals surface area contributed by atoms with E-state index in [1.807, 2.05) is 13.1 Å². The van der Waals surface area contributed by atoms with Gasteiger partial charge in [0, 0.05) is 32.4 Å². The number of rotatable bonds is 3. The van der Waals surface area contributed by atoms with E-state index in [1.54, 1.807) is 17.7 Å². The van der Waals surface area contributed by atoms with Gasteiger partial charge in [0.25, 0.3) is 0 Å². The molecule has 3 aromatic rings. The molecular formula is C15H19N7S. The van der Waals surface area contributed by atoms with E-state index in [1.165, 1.54) is 5.56 Å². The van der Waals surface area contributed by atoms with Crippen molar-refractivity contribution in [2.45, 2.75) is 20.3 Å². The Bertz CT molecular complexity index is 816. The summed E-state index contributed by atoms with van der Waals surface area (Å²) >= 11 is 1.66. The minimum atomic E-state index is 0.925. The Balaban J connectivity index is 1.58. The Kier molecular flexibility index (Phi) is 3.60. The van der Waals surface area contributed by atoms with Crippen molar-refractivity contribution in [1.29, 1.82) is 0 Å². The maximum absolute atomic E-state index is 4.56. The van der Waals surface area contributed by atoms with E-state index >= 15 is 0 Å². The number of piperazine rings is 1.